The van der Waals surface area contributed by atoms with Gasteiger partial charge in [-0.15, -0.1) is 11.8 Å². The van der Waals surface area contributed by atoms with Gasteiger partial charge in [0.15, 0.2) is 0 Å². The first-order valence-electron chi connectivity index (χ1n) is 9.08. The van der Waals surface area contributed by atoms with Crippen LogP contribution in [0.15, 0.2) is 53.4 Å². The Hall–Kier alpha value is -1.85. The molecule has 1 amide bonds. The van der Waals surface area contributed by atoms with Crippen LogP contribution in [-0.4, -0.2) is 29.6 Å². The highest BCUT2D eigenvalue weighted by molar-refractivity contribution is 8.00. The molecule has 26 heavy (non-hydrogen) atoms. The molecule has 138 valence electrons. The van der Waals surface area contributed by atoms with Gasteiger partial charge in [0.05, 0.1) is 5.75 Å². The van der Waals surface area contributed by atoms with E-state index in [0.29, 0.717) is 4.90 Å². The zero-order valence-corrected chi connectivity index (χ0v) is 15.9. The van der Waals surface area contributed by atoms with Gasteiger partial charge in [-0.2, -0.15) is 0 Å². The number of likely N-dealkylation sites (tertiary alicyclic amines) is 1. The monoisotopic (exact) mass is 372 g/mol. The number of benzene rings is 2. The van der Waals surface area contributed by atoms with E-state index >= 15 is 0 Å². The van der Waals surface area contributed by atoms with E-state index in [1.807, 2.05) is 12.1 Å². The van der Waals surface area contributed by atoms with E-state index < -0.39 is 0 Å². The second kappa shape index (κ2) is 9.19. The first-order valence-corrected chi connectivity index (χ1v) is 10.1. The molecule has 3 nitrogen and oxygen atoms in total. The molecular formula is C21H25FN2OS. The molecule has 0 aliphatic carbocycles. The average molecular weight is 373 g/mol. The van der Waals surface area contributed by atoms with E-state index in [1.54, 1.807) is 18.2 Å². The molecule has 0 aromatic heterocycles. The van der Waals surface area contributed by atoms with Crippen molar-refractivity contribution in [2.45, 2.75) is 31.2 Å². The molecule has 1 aliphatic rings. The van der Waals surface area contributed by atoms with Crippen LogP contribution in [-0.2, 0) is 11.3 Å². The molecule has 0 radical (unpaired) electrons. The summed E-state index contributed by atoms with van der Waals surface area (Å²) in [4.78, 5) is 15.1. The molecule has 0 spiro atoms. The van der Waals surface area contributed by atoms with E-state index in [-0.39, 0.29) is 17.5 Å². The van der Waals surface area contributed by atoms with Gasteiger partial charge in [-0.25, -0.2) is 4.39 Å². The molecule has 3 rings (SSSR count). The summed E-state index contributed by atoms with van der Waals surface area (Å²) in [6.45, 7) is 5.59. The third kappa shape index (κ3) is 5.58. The van der Waals surface area contributed by atoms with Gasteiger partial charge in [-0.3, -0.25) is 9.69 Å². The molecule has 1 heterocycles. The number of anilines is 1. The van der Waals surface area contributed by atoms with Crippen molar-refractivity contribution in [3.63, 3.8) is 0 Å². The van der Waals surface area contributed by atoms with Crippen molar-refractivity contribution in [2.24, 2.45) is 5.92 Å². The number of carbonyl (C=O) groups is 1. The largest absolute Gasteiger partial charge is 0.325 e. The maximum Gasteiger partial charge on any atom is 0.234 e. The van der Waals surface area contributed by atoms with Crippen molar-refractivity contribution >= 4 is 23.4 Å². The van der Waals surface area contributed by atoms with Crippen molar-refractivity contribution in [1.82, 2.24) is 4.90 Å². The first-order chi connectivity index (χ1) is 12.6. The number of rotatable bonds is 6. The molecule has 1 saturated heterocycles. The predicted molar refractivity (Wildman–Crippen MR) is 106 cm³/mol. The summed E-state index contributed by atoms with van der Waals surface area (Å²) in [5, 5.41) is 2.87. The van der Waals surface area contributed by atoms with E-state index in [1.165, 1.54) is 36.2 Å². The minimum Gasteiger partial charge on any atom is -0.325 e. The topological polar surface area (TPSA) is 32.3 Å². The maximum absolute atomic E-state index is 13.6. The standard InChI is InChI=1S/C21H25FN2OS/c1-16-5-4-12-24(13-16)14-17-8-10-18(11-9-17)23-21(25)15-26-20-7-3-2-6-19(20)22/h2-3,6-11,16H,4-5,12-15H2,1H3,(H,23,25). The van der Waals surface area contributed by atoms with Crippen LogP contribution in [0.1, 0.15) is 25.3 Å². The van der Waals surface area contributed by atoms with Crippen LogP contribution in [0, 0.1) is 11.7 Å². The minimum absolute atomic E-state index is 0.129. The van der Waals surface area contributed by atoms with Gasteiger partial charge in [0.2, 0.25) is 5.91 Å². The molecule has 0 saturated carbocycles. The summed E-state index contributed by atoms with van der Waals surface area (Å²) in [6, 6.07) is 14.5. The molecule has 2 aromatic carbocycles. The first kappa shape index (κ1) is 18.9. The number of nitrogens with one attached hydrogen (secondary N) is 1. The fourth-order valence-electron chi connectivity index (χ4n) is 3.28. The Labute approximate surface area is 159 Å². The summed E-state index contributed by atoms with van der Waals surface area (Å²) in [7, 11) is 0. The summed E-state index contributed by atoms with van der Waals surface area (Å²) < 4.78 is 13.6. The van der Waals surface area contributed by atoms with Gasteiger partial charge in [0, 0.05) is 23.7 Å². The van der Waals surface area contributed by atoms with Crippen LogP contribution < -0.4 is 5.32 Å². The third-order valence-corrected chi connectivity index (χ3v) is 5.63. The fraction of sp³-hybridized carbons (Fsp3) is 0.381. The van der Waals surface area contributed by atoms with Gasteiger partial charge in [0.1, 0.15) is 5.82 Å². The van der Waals surface area contributed by atoms with Crippen LogP contribution in [0.4, 0.5) is 10.1 Å². The normalized spacial score (nSPS) is 17.8. The number of hydrogen-bond acceptors (Lipinski definition) is 3. The number of thioether (sulfide) groups is 1. The quantitative estimate of drug-likeness (QED) is 0.740. The van der Waals surface area contributed by atoms with Crippen LogP contribution in [0.3, 0.4) is 0 Å². The highest BCUT2D eigenvalue weighted by Gasteiger charge is 2.16. The number of piperidine rings is 1. The van der Waals surface area contributed by atoms with Crippen molar-refractivity contribution in [1.29, 1.82) is 0 Å². The Morgan fingerprint density at radius 1 is 1.23 bits per heavy atom. The van der Waals surface area contributed by atoms with Crippen molar-refractivity contribution < 1.29 is 9.18 Å². The van der Waals surface area contributed by atoms with Gasteiger partial charge >= 0.3 is 0 Å². The number of hydrogen-bond donors (Lipinski definition) is 1. The molecule has 1 aliphatic heterocycles. The van der Waals surface area contributed by atoms with E-state index in [2.05, 4.69) is 29.3 Å². The van der Waals surface area contributed by atoms with Crippen LogP contribution >= 0.6 is 11.8 Å². The summed E-state index contributed by atoms with van der Waals surface area (Å²) >= 11 is 1.21. The number of nitrogens with zero attached hydrogens (tertiary/aromatic N) is 1. The Bertz CT molecular complexity index is 735. The molecule has 2 aromatic rings. The fourth-order valence-corrected chi connectivity index (χ4v) is 4.02. The van der Waals surface area contributed by atoms with Crippen LogP contribution in [0.5, 0.6) is 0 Å². The number of carbonyl (C=O) groups excluding carboxylic acids is 1. The lowest BCUT2D eigenvalue weighted by Gasteiger charge is -2.30. The van der Waals surface area contributed by atoms with E-state index in [4.69, 9.17) is 0 Å². The SMILES string of the molecule is CC1CCCN(Cc2ccc(NC(=O)CSc3ccccc3F)cc2)C1. The molecule has 5 heteroatoms. The van der Waals surface area contributed by atoms with E-state index in [9.17, 15) is 9.18 Å². The smallest absolute Gasteiger partial charge is 0.234 e. The lowest BCUT2D eigenvalue weighted by atomic mass is 10.00. The molecule has 1 N–H and O–H groups in total. The maximum atomic E-state index is 13.6. The molecule has 1 atom stereocenters. The highest BCUT2D eigenvalue weighted by Crippen LogP contribution is 2.22. The summed E-state index contributed by atoms with van der Waals surface area (Å²) in [5.74, 6) is 0.542. The molecule has 1 fully saturated rings. The second-order valence-electron chi connectivity index (χ2n) is 6.95. The lowest BCUT2D eigenvalue weighted by molar-refractivity contribution is -0.113. The Morgan fingerprint density at radius 3 is 2.73 bits per heavy atom. The van der Waals surface area contributed by atoms with Gasteiger partial charge in [-0.05, 0) is 55.1 Å². The van der Waals surface area contributed by atoms with Crippen LogP contribution in [0.25, 0.3) is 0 Å². The zero-order chi connectivity index (χ0) is 18.4. The Balaban J connectivity index is 1.47. The average Bonchev–Trinajstić information content (AvgIpc) is 2.63. The lowest BCUT2D eigenvalue weighted by Crippen LogP contribution is -2.33. The summed E-state index contributed by atoms with van der Waals surface area (Å²) in [6.07, 6.45) is 2.60. The zero-order valence-electron chi connectivity index (χ0n) is 15.1. The van der Waals surface area contributed by atoms with Crippen molar-refractivity contribution in [2.75, 3.05) is 24.2 Å². The van der Waals surface area contributed by atoms with Crippen LogP contribution in [0.2, 0.25) is 0 Å². The summed E-state index contributed by atoms with van der Waals surface area (Å²) in [5.41, 5.74) is 2.04. The Morgan fingerprint density at radius 2 is 2.00 bits per heavy atom. The third-order valence-electron chi connectivity index (χ3n) is 4.58. The number of halogens is 1. The van der Waals surface area contributed by atoms with Crippen molar-refractivity contribution in [3.05, 3.63) is 59.9 Å². The molecular weight excluding hydrogens is 347 g/mol. The van der Waals surface area contributed by atoms with Gasteiger partial charge < -0.3 is 5.32 Å². The van der Waals surface area contributed by atoms with Gasteiger partial charge in [0.25, 0.3) is 0 Å². The van der Waals surface area contributed by atoms with Gasteiger partial charge in [-0.1, -0.05) is 31.2 Å². The minimum atomic E-state index is -0.290. The van der Waals surface area contributed by atoms with E-state index in [0.717, 1.165) is 31.2 Å². The molecule has 0 bridgehead atoms. The Kier molecular flexibility index (Phi) is 6.69. The predicted octanol–water partition coefficient (Wildman–Crippen LogP) is 4.79. The highest BCUT2D eigenvalue weighted by atomic mass is 32.2. The molecule has 1 unspecified atom stereocenters. The number of amides is 1. The second-order valence-corrected chi connectivity index (χ2v) is 7.96. The van der Waals surface area contributed by atoms with Crippen molar-refractivity contribution in [3.8, 4) is 0 Å².